The first-order valence-electron chi connectivity index (χ1n) is 6.76. The van der Waals surface area contributed by atoms with Crippen LogP contribution in [0.2, 0.25) is 0 Å². The number of methoxy groups -OCH3 is 1. The smallest absolute Gasteiger partial charge is 0.139 e. The molecule has 0 spiro atoms. The number of ketones is 1. The van der Waals surface area contributed by atoms with E-state index in [1.807, 2.05) is 0 Å². The van der Waals surface area contributed by atoms with Gasteiger partial charge in [0, 0.05) is 25.6 Å². The van der Waals surface area contributed by atoms with Crippen LogP contribution in [-0.4, -0.2) is 19.5 Å². The Balaban J connectivity index is 1.58. The number of carbonyl (C=O) groups excluding carboxylic acids is 1. The van der Waals surface area contributed by atoms with Crippen molar-refractivity contribution >= 4 is 5.78 Å². The minimum atomic E-state index is 0.218. The third-order valence-electron chi connectivity index (χ3n) is 5.30. The van der Waals surface area contributed by atoms with E-state index < -0.39 is 0 Å². The number of carbonyl (C=O) groups is 1. The fraction of sp³-hybridized carbons (Fsp3) is 0.929. The molecule has 90 valence electrons. The van der Waals surface area contributed by atoms with Crippen molar-refractivity contribution < 1.29 is 9.53 Å². The van der Waals surface area contributed by atoms with E-state index in [0.717, 1.165) is 36.7 Å². The lowest BCUT2D eigenvalue weighted by Gasteiger charge is -2.13. The number of hydrogen-bond acceptors (Lipinski definition) is 2. The van der Waals surface area contributed by atoms with Crippen LogP contribution in [0.15, 0.2) is 0 Å². The van der Waals surface area contributed by atoms with E-state index in [9.17, 15) is 4.79 Å². The van der Waals surface area contributed by atoms with E-state index in [4.69, 9.17) is 4.74 Å². The summed E-state index contributed by atoms with van der Waals surface area (Å²) in [6.45, 7) is 2.80. The molecule has 0 aromatic rings. The molecule has 3 fully saturated rings. The highest BCUT2D eigenvalue weighted by atomic mass is 16.5. The maximum Gasteiger partial charge on any atom is 0.139 e. The molecule has 0 radical (unpaired) electrons. The topological polar surface area (TPSA) is 26.3 Å². The summed E-state index contributed by atoms with van der Waals surface area (Å²) in [5.41, 5.74) is 0. The Labute approximate surface area is 97.7 Å². The van der Waals surface area contributed by atoms with Gasteiger partial charge in [-0.15, -0.1) is 0 Å². The van der Waals surface area contributed by atoms with Crippen molar-refractivity contribution in [1.82, 2.24) is 0 Å². The minimum absolute atomic E-state index is 0.218. The average molecular weight is 222 g/mol. The van der Waals surface area contributed by atoms with Gasteiger partial charge in [-0.3, -0.25) is 4.79 Å². The molecule has 5 unspecified atom stereocenters. The van der Waals surface area contributed by atoms with Gasteiger partial charge in [0.05, 0.1) is 0 Å². The minimum Gasteiger partial charge on any atom is -0.385 e. The van der Waals surface area contributed by atoms with Crippen LogP contribution in [0.1, 0.15) is 32.6 Å². The van der Waals surface area contributed by atoms with Gasteiger partial charge >= 0.3 is 0 Å². The second kappa shape index (κ2) is 3.83. The van der Waals surface area contributed by atoms with Crippen molar-refractivity contribution in [2.75, 3.05) is 13.7 Å². The van der Waals surface area contributed by atoms with Gasteiger partial charge in [-0.25, -0.2) is 0 Å². The number of fused-ring (bicyclic) bond motifs is 5. The monoisotopic (exact) mass is 222 g/mol. The lowest BCUT2D eigenvalue weighted by molar-refractivity contribution is -0.125. The third-order valence-corrected chi connectivity index (χ3v) is 5.30. The molecule has 3 aliphatic rings. The Bertz CT molecular complexity index is 283. The van der Waals surface area contributed by atoms with Crippen LogP contribution >= 0.6 is 0 Å². The maximum absolute atomic E-state index is 12.3. The molecule has 0 heterocycles. The predicted octanol–water partition coefficient (Wildman–Crippen LogP) is 2.52. The standard InChI is InChI=1S/C14H22O2/c1-8(5-6-16-2)14(15)13-11-9-3-4-10(7-9)12(11)13/h8-13H,3-7H2,1-2H3. The summed E-state index contributed by atoms with van der Waals surface area (Å²) in [7, 11) is 1.71. The molecule has 3 aliphatic carbocycles. The van der Waals surface area contributed by atoms with Gasteiger partial charge in [0.2, 0.25) is 0 Å². The molecule has 0 aromatic carbocycles. The van der Waals surface area contributed by atoms with Gasteiger partial charge in [-0.2, -0.15) is 0 Å². The highest BCUT2D eigenvalue weighted by molar-refractivity contribution is 5.86. The number of rotatable bonds is 5. The van der Waals surface area contributed by atoms with Crippen LogP contribution in [0, 0.1) is 35.5 Å². The van der Waals surface area contributed by atoms with Gasteiger partial charge in [-0.1, -0.05) is 6.92 Å². The molecule has 16 heavy (non-hydrogen) atoms. The van der Waals surface area contributed by atoms with E-state index in [-0.39, 0.29) is 5.92 Å². The normalized spacial score (nSPS) is 45.5. The number of Topliss-reactive ketones (excluding diaryl/α,β-unsaturated/α-hetero) is 1. The molecule has 2 heteroatoms. The Kier molecular flexibility index (Phi) is 2.58. The van der Waals surface area contributed by atoms with Crippen LogP contribution in [0.25, 0.3) is 0 Å². The Hall–Kier alpha value is -0.370. The first kappa shape index (κ1) is 10.8. The summed E-state index contributed by atoms with van der Waals surface area (Å²) in [6.07, 6.45) is 5.15. The number of ether oxygens (including phenoxy) is 1. The van der Waals surface area contributed by atoms with E-state index in [1.54, 1.807) is 7.11 Å². The van der Waals surface area contributed by atoms with Crippen molar-refractivity contribution in [3.05, 3.63) is 0 Å². The van der Waals surface area contributed by atoms with Gasteiger partial charge in [-0.05, 0) is 49.4 Å². The van der Waals surface area contributed by atoms with E-state index in [2.05, 4.69) is 6.92 Å². The highest BCUT2D eigenvalue weighted by Crippen LogP contribution is 2.69. The molecule has 0 aromatic heterocycles. The molecule has 3 rings (SSSR count). The lowest BCUT2D eigenvalue weighted by atomic mass is 9.92. The van der Waals surface area contributed by atoms with Crippen molar-refractivity contribution in [3.8, 4) is 0 Å². The fourth-order valence-corrected chi connectivity index (χ4v) is 4.47. The molecular weight excluding hydrogens is 200 g/mol. The summed E-state index contributed by atoms with van der Waals surface area (Å²) in [6, 6.07) is 0. The maximum atomic E-state index is 12.3. The molecule has 0 saturated heterocycles. The molecule has 3 saturated carbocycles. The van der Waals surface area contributed by atoms with Crippen molar-refractivity contribution in [1.29, 1.82) is 0 Å². The van der Waals surface area contributed by atoms with Crippen LogP contribution in [-0.2, 0) is 9.53 Å². The van der Waals surface area contributed by atoms with Crippen molar-refractivity contribution in [2.24, 2.45) is 35.5 Å². The first-order valence-corrected chi connectivity index (χ1v) is 6.76. The summed E-state index contributed by atoms with van der Waals surface area (Å²) in [5.74, 6) is 4.65. The number of hydrogen-bond donors (Lipinski definition) is 0. The summed E-state index contributed by atoms with van der Waals surface area (Å²) >= 11 is 0. The van der Waals surface area contributed by atoms with E-state index >= 15 is 0 Å². The van der Waals surface area contributed by atoms with Crippen molar-refractivity contribution in [3.63, 3.8) is 0 Å². The Morgan fingerprint density at radius 1 is 1.31 bits per heavy atom. The third kappa shape index (κ3) is 1.46. The molecular formula is C14H22O2. The van der Waals surface area contributed by atoms with Crippen LogP contribution in [0.3, 0.4) is 0 Å². The molecule has 0 amide bonds. The van der Waals surface area contributed by atoms with Crippen LogP contribution in [0.4, 0.5) is 0 Å². The summed E-state index contributed by atoms with van der Waals surface area (Å²) < 4.78 is 5.06. The van der Waals surface area contributed by atoms with Gasteiger partial charge in [0.15, 0.2) is 0 Å². The average Bonchev–Trinajstić information content (AvgIpc) is 2.73. The second-order valence-corrected chi connectivity index (χ2v) is 6.10. The van der Waals surface area contributed by atoms with E-state index in [1.165, 1.54) is 19.3 Å². The zero-order valence-corrected chi connectivity index (χ0v) is 10.3. The highest BCUT2D eigenvalue weighted by Gasteiger charge is 2.67. The second-order valence-electron chi connectivity index (χ2n) is 6.10. The quantitative estimate of drug-likeness (QED) is 0.714. The molecule has 0 aliphatic heterocycles. The zero-order chi connectivity index (χ0) is 11.3. The molecule has 2 bridgehead atoms. The molecule has 2 nitrogen and oxygen atoms in total. The molecule has 0 N–H and O–H groups in total. The largest absolute Gasteiger partial charge is 0.385 e. The van der Waals surface area contributed by atoms with E-state index in [0.29, 0.717) is 11.7 Å². The SMILES string of the molecule is COCCC(C)C(=O)C1C2C3CCC(C3)C12. The zero-order valence-electron chi connectivity index (χ0n) is 10.3. The summed E-state index contributed by atoms with van der Waals surface area (Å²) in [5, 5.41) is 0. The first-order chi connectivity index (χ1) is 7.74. The van der Waals surface area contributed by atoms with Gasteiger partial charge < -0.3 is 4.74 Å². The Morgan fingerprint density at radius 2 is 1.94 bits per heavy atom. The predicted molar refractivity (Wildman–Crippen MR) is 62.0 cm³/mol. The van der Waals surface area contributed by atoms with Gasteiger partial charge in [0.1, 0.15) is 5.78 Å². The Morgan fingerprint density at radius 3 is 2.50 bits per heavy atom. The van der Waals surface area contributed by atoms with Gasteiger partial charge in [0.25, 0.3) is 0 Å². The summed E-state index contributed by atoms with van der Waals surface area (Å²) in [4.78, 5) is 12.3. The molecule has 5 atom stereocenters. The van der Waals surface area contributed by atoms with Crippen molar-refractivity contribution in [2.45, 2.75) is 32.6 Å². The van der Waals surface area contributed by atoms with Crippen LogP contribution in [0.5, 0.6) is 0 Å². The van der Waals surface area contributed by atoms with Crippen LogP contribution < -0.4 is 0 Å². The lowest BCUT2D eigenvalue weighted by Crippen LogP contribution is -2.19. The fourth-order valence-electron chi connectivity index (χ4n) is 4.47.